The van der Waals surface area contributed by atoms with Gasteiger partial charge in [-0.05, 0) is 76.0 Å². The normalized spacial score (nSPS) is 17.3. The van der Waals surface area contributed by atoms with Crippen molar-refractivity contribution < 1.29 is 14.0 Å². The minimum atomic E-state index is -0.734. The van der Waals surface area contributed by atoms with Gasteiger partial charge in [0.15, 0.2) is 0 Å². The Labute approximate surface area is 196 Å². The quantitative estimate of drug-likeness (QED) is 0.463. The van der Waals surface area contributed by atoms with Crippen molar-refractivity contribution in [2.24, 2.45) is 11.3 Å². The summed E-state index contributed by atoms with van der Waals surface area (Å²) in [7, 11) is 0. The van der Waals surface area contributed by atoms with Gasteiger partial charge in [0, 0.05) is 29.6 Å². The van der Waals surface area contributed by atoms with Gasteiger partial charge in [-0.2, -0.15) is 14.6 Å². The highest BCUT2D eigenvalue weighted by Gasteiger charge is 2.56. The lowest BCUT2D eigenvalue weighted by Crippen LogP contribution is -2.53. The number of H-pyrrole nitrogens is 1. The summed E-state index contributed by atoms with van der Waals surface area (Å²) in [6.45, 7) is 6.04. The van der Waals surface area contributed by atoms with Crippen molar-refractivity contribution in [3.8, 4) is 11.1 Å². The molecule has 3 N–H and O–H groups in total. The third kappa shape index (κ3) is 3.97. The average molecular weight is 466 g/mol. The molecule has 2 aliphatic carbocycles. The smallest absolute Gasteiger partial charge is 0.270 e. The predicted molar refractivity (Wildman–Crippen MR) is 123 cm³/mol. The van der Waals surface area contributed by atoms with E-state index >= 15 is 0 Å². The minimum Gasteiger partial charge on any atom is -0.339 e. The van der Waals surface area contributed by atoms with Gasteiger partial charge in [0.1, 0.15) is 17.6 Å². The summed E-state index contributed by atoms with van der Waals surface area (Å²) >= 11 is 0. The van der Waals surface area contributed by atoms with Crippen molar-refractivity contribution in [3.05, 3.63) is 47.4 Å². The molecule has 0 saturated heterocycles. The summed E-state index contributed by atoms with van der Waals surface area (Å²) in [5, 5.41) is 16.7. The zero-order valence-electron chi connectivity index (χ0n) is 19.5. The van der Waals surface area contributed by atoms with E-state index in [0.717, 1.165) is 18.5 Å². The van der Waals surface area contributed by atoms with Crippen LogP contribution in [-0.4, -0.2) is 42.8 Å². The number of hydrogen-bond donors (Lipinski definition) is 3. The van der Waals surface area contributed by atoms with Gasteiger partial charge >= 0.3 is 0 Å². The molecule has 1 spiro atoms. The minimum absolute atomic E-state index is 0.0322. The lowest BCUT2D eigenvalue weighted by Gasteiger charge is -2.40. The molecule has 1 atom stereocenters. The van der Waals surface area contributed by atoms with Crippen LogP contribution in [0.3, 0.4) is 0 Å². The second-order valence-electron chi connectivity index (χ2n) is 9.48. The van der Waals surface area contributed by atoms with E-state index < -0.39 is 17.9 Å². The number of pyridine rings is 1. The van der Waals surface area contributed by atoms with E-state index in [9.17, 15) is 14.0 Å². The molecule has 2 saturated carbocycles. The summed E-state index contributed by atoms with van der Waals surface area (Å²) in [6.07, 6.45) is 5.72. The van der Waals surface area contributed by atoms with Crippen LogP contribution >= 0.6 is 0 Å². The number of nitrogens with zero attached hydrogens (tertiary/aromatic N) is 4. The fourth-order valence-corrected chi connectivity index (χ4v) is 5.11. The molecule has 0 aromatic carbocycles. The van der Waals surface area contributed by atoms with Crippen molar-refractivity contribution in [3.63, 3.8) is 0 Å². The number of amides is 2. The molecular formula is C24H28FN7O2. The number of anilines is 1. The van der Waals surface area contributed by atoms with Crippen molar-refractivity contribution in [1.82, 2.24) is 30.3 Å². The van der Waals surface area contributed by atoms with Gasteiger partial charge in [-0.3, -0.25) is 19.4 Å². The van der Waals surface area contributed by atoms with Crippen LogP contribution in [0.2, 0.25) is 0 Å². The standard InChI is InChI=1S/C24H28FN7O2/c1-4-32-17(7-10-26-32)22(33)29-20(15-11-24(12-15)8-9-24)23(34)28-18-6-5-16(21(25)27-18)19-13(2)30-31-14(19)3/h5-7,10,15,20H,4,8-9,11-12H2,1-3H3,(H,29,33)(H,30,31)(H,27,28,34)/t20-/m0/s1. The van der Waals surface area contributed by atoms with Crippen molar-refractivity contribution in [2.45, 2.75) is 59.0 Å². The van der Waals surface area contributed by atoms with Crippen LogP contribution in [0.1, 0.15) is 54.5 Å². The van der Waals surface area contributed by atoms with Gasteiger partial charge in [-0.15, -0.1) is 0 Å². The summed E-state index contributed by atoms with van der Waals surface area (Å²) < 4.78 is 16.5. The summed E-state index contributed by atoms with van der Waals surface area (Å²) in [4.78, 5) is 30.1. The van der Waals surface area contributed by atoms with Gasteiger partial charge in [0.25, 0.3) is 5.91 Å². The van der Waals surface area contributed by atoms with E-state index in [1.165, 1.54) is 12.8 Å². The number of aromatic nitrogens is 5. The molecule has 0 radical (unpaired) electrons. The molecule has 2 fully saturated rings. The third-order valence-corrected chi connectivity index (χ3v) is 7.13. The van der Waals surface area contributed by atoms with Crippen LogP contribution in [0.15, 0.2) is 24.4 Å². The monoisotopic (exact) mass is 465 g/mol. The van der Waals surface area contributed by atoms with E-state index in [-0.39, 0.29) is 17.6 Å². The lowest BCUT2D eigenvalue weighted by molar-refractivity contribution is -0.120. The molecule has 2 aliphatic rings. The Morgan fingerprint density at radius 3 is 2.65 bits per heavy atom. The molecule has 5 rings (SSSR count). The van der Waals surface area contributed by atoms with Crippen LogP contribution in [0.25, 0.3) is 11.1 Å². The summed E-state index contributed by atoms with van der Waals surface area (Å²) in [5.41, 5.74) is 3.14. The highest BCUT2D eigenvalue weighted by molar-refractivity contribution is 6.00. The van der Waals surface area contributed by atoms with Crippen molar-refractivity contribution >= 4 is 17.6 Å². The highest BCUT2D eigenvalue weighted by atomic mass is 19.1. The maximum Gasteiger partial charge on any atom is 0.270 e. The molecular weight excluding hydrogens is 437 g/mol. The summed E-state index contributed by atoms with van der Waals surface area (Å²) in [6, 6.07) is 4.04. The molecule has 9 nitrogen and oxygen atoms in total. The van der Waals surface area contributed by atoms with Crippen molar-refractivity contribution in [2.75, 3.05) is 5.32 Å². The van der Waals surface area contributed by atoms with E-state index in [1.807, 2.05) is 13.8 Å². The second-order valence-corrected chi connectivity index (χ2v) is 9.48. The van der Waals surface area contributed by atoms with Gasteiger partial charge in [0.05, 0.1) is 5.69 Å². The Balaban J connectivity index is 1.34. The second kappa shape index (κ2) is 8.34. The first-order valence-corrected chi connectivity index (χ1v) is 11.6. The van der Waals surface area contributed by atoms with E-state index in [2.05, 4.69) is 30.9 Å². The van der Waals surface area contributed by atoms with Gasteiger partial charge in [0.2, 0.25) is 11.9 Å². The molecule has 0 aliphatic heterocycles. The zero-order valence-corrected chi connectivity index (χ0v) is 19.5. The molecule has 3 aromatic rings. The topological polar surface area (TPSA) is 118 Å². The van der Waals surface area contributed by atoms with Crippen LogP contribution in [-0.2, 0) is 11.3 Å². The fraction of sp³-hybridized carbons (Fsp3) is 0.458. The lowest BCUT2D eigenvalue weighted by atomic mass is 9.68. The Kier molecular flexibility index (Phi) is 5.45. The average Bonchev–Trinajstić information content (AvgIpc) is 3.32. The van der Waals surface area contributed by atoms with Gasteiger partial charge in [-0.25, -0.2) is 4.98 Å². The number of nitrogens with one attached hydrogen (secondary N) is 3. The van der Waals surface area contributed by atoms with E-state index in [4.69, 9.17) is 0 Å². The number of halogens is 1. The number of carbonyl (C=O) groups is 2. The molecule has 178 valence electrons. The Bertz CT molecular complexity index is 1230. The Morgan fingerprint density at radius 1 is 1.26 bits per heavy atom. The fourth-order valence-electron chi connectivity index (χ4n) is 5.11. The predicted octanol–water partition coefficient (Wildman–Crippen LogP) is 3.37. The van der Waals surface area contributed by atoms with Crippen LogP contribution in [0.4, 0.5) is 10.2 Å². The largest absolute Gasteiger partial charge is 0.339 e. The van der Waals surface area contributed by atoms with Crippen LogP contribution in [0, 0.1) is 31.1 Å². The van der Waals surface area contributed by atoms with Crippen molar-refractivity contribution in [1.29, 1.82) is 0 Å². The van der Waals surface area contributed by atoms with E-state index in [0.29, 0.717) is 34.5 Å². The first-order valence-electron chi connectivity index (χ1n) is 11.6. The summed E-state index contributed by atoms with van der Waals surface area (Å²) in [5.74, 6) is -1.31. The Morgan fingerprint density at radius 2 is 2.03 bits per heavy atom. The molecule has 0 unspecified atom stereocenters. The number of carbonyl (C=O) groups excluding carboxylic acids is 2. The van der Waals surface area contributed by atoms with E-state index in [1.54, 1.807) is 36.0 Å². The Hall–Kier alpha value is -3.56. The number of aryl methyl sites for hydroxylation is 3. The maximum absolute atomic E-state index is 14.9. The molecule has 3 heterocycles. The molecule has 3 aromatic heterocycles. The highest BCUT2D eigenvalue weighted by Crippen LogP contribution is 2.64. The SMILES string of the molecule is CCn1nccc1C(=O)N[C@H](C(=O)Nc1ccc(-c2c(C)n[nH]c2C)c(F)n1)C1CC2(CC2)C1. The molecule has 2 amide bonds. The molecule has 10 heteroatoms. The number of rotatable bonds is 7. The first kappa shape index (κ1) is 22.2. The third-order valence-electron chi connectivity index (χ3n) is 7.13. The molecule has 34 heavy (non-hydrogen) atoms. The number of hydrogen-bond acceptors (Lipinski definition) is 5. The number of aromatic amines is 1. The van der Waals surface area contributed by atoms with Gasteiger partial charge in [-0.1, -0.05) is 0 Å². The molecule has 0 bridgehead atoms. The maximum atomic E-state index is 14.9. The first-order chi connectivity index (χ1) is 16.3. The van der Waals surface area contributed by atoms with Crippen LogP contribution < -0.4 is 10.6 Å². The van der Waals surface area contributed by atoms with Crippen LogP contribution in [0.5, 0.6) is 0 Å². The zero-order chi connectivity index (χ0) is 24.0. The van der Waals surface area contributed by atoms with Gasteiger partial charge < -0.3 is 10.6 Å².